The van der Waals surface area contributed by atoms with Gasteiger partial charge in [0.1, 0.15) is 35.0 Å². The van der Waals surface area contributed by atoms with Gasteiger partial charge in [-0.1, -0.05) is 115 Å². The predicted octanol–water partition coefficient (Wildman–Crippen LogP) is 9.72. The van der Waals surface area contributed by atoms with Crippen molar-refractivity contribution in [1.29, 1.82) is 0 Å². The molecule has 232 valence electrons. The normalized spacial score (nSPS) is 11.6. The van der Waals surface area contributed by atoms with Crippen LogP contribution < -0.4 is 0 Å². The second-order valence-corrected chi connectivity index (χ2v) is 11.8. The number of imidazole rings is 1. The van der Waals surface area contributed by atoms with E-state index in [2.05, 4.69) is 9.97 Å². The van der Waals surface area contributed by atoms with Gasteiger partial charge in [-0.05, 0) is 58.7 Å². The van der Waals surface area contributed by atoms with Crippen molar-refractivity contribution in [2.24, 2.45) is 0 Å². The summed E-state index contributed by atoms with van der Waals surface area (Å²) in [5.41, 5.74) is 4.51. The maximum atomic E-state index is 15.7. The molecule has 8 heteroatoms. The smallest absolute Gasteiger partial charge is 0.138 e. The van der Waals surface area contributed by atoms with E-state index in [1.807, 2.05) is 131 Å². The minimum atomic E-state index is -0.996. The fraction of sp³-hybridized carbons (Fsp3) is 0.0250. The van der Waals surface area contributed by atoms with Gasteiger partial charge >= 0.3 is 0 Å². The molecule has 0 N–H and O–H groups in total. The van der Waals surface area contributed by atoms with E-state index >= 15 is 8.78 Å². The Kier molecular flexibility index (Phi) is 7.39. The van der Waals surface area contributed by atoms with E-state index in [1.54, 1.807) is 18.6 Å². The molecule has 0 aliphatic heterocycles. The number of aromatic nitrogens is 5. The Labute approximate surface area is 280 Å². The van der Waals surface area contributed by atoms with Crippen LogP contribution in [0, 0.1) is 11.6 Å². The highest BCUT2D eigenvalue weighted by molar-refractivity contribution is 6.30. The molecule has 0 unspecified atom stereocenters. The third kappa shape index (κ3) is 4.87. The molecule has 0 amide bonds. The zero-order chi connectivity index (χ0) is 32.7. The van der Waals surface area contributed by atoms with Crippen molar-refractivity contribution in [3.05, 3.63) is 192 Å². The highest BCUT2D eigenvalue weighted by Gasteiger charge is 2.40. The fourth-order valence-electron chi connectivity index (χ4n) is 6.47. The van der Waals surface area contributed by atoms with Gasteiger partial charge in [-0.25, -0.2) is 18.7 Å². The standard InChI is InChI=1S/C40H26ClF2N5/c41-31-20-22-37(44-24-31)47-26-45-35-23-27(19-21-36(35)47)32-25-48(46-39(32)38-33(42)17-10-18-34(38)43)40(28-11-4-1-5-12-28,29-13-6-2-7-14-29)30-15-8-3-9-16-30/h1-26H. The molecule has 0 bridgehead atoms. The van der Waals surface area contributed by atoms with Crippen molar-refractivity contribution in [2.75, 3.05) is 0 Å². The molecule has 0 saturated heterocycles. The first-order valence-electron chi connectivity index (χ1n) is 15.3. The number of rotatable bonds is 7. The summed E-state index contributed by atoms with van der Waals surface area (Å²) in [4.78, 5) is 9.09. The highest BCUT2D eigenvalue weighted by atomic mass is 35.5. The minimum Gasteiger partial charge on any atom is -0.283 e. The van der Waals surface area contributed by atoms with Crippen LogP contribution in [0.5, 0.6) is 0 Å². The number of halogens is 3. The van der Waals surface area contributed by atoms with Crippen LogP contribution in [-0.4, -0.2) is 24.3 Å². The first-order valence-corrected chi connectivity index (χ1v) is 15.7. The first kappa shape index (κ1) is 29.5. The first-order chi connectivity index (χ1) is 23.5. The van der Waals surface area contributed by atoms with E-state index in [4.69, 9.17) is 16.7 Å². The third-order valence-corrected chi connectivity index (χ3v) is 8.87. The summed E-state index contributed by atoms with van der Waals surface area (Å²) in [5, 5.41) is 5.64. The van der Waals surface area contributed by atoms with Crippen LogP contribution in [0.15, 0.2) is 158 Å². The van der Waals surface area contributed by atoms with Gasteiger partial charge in [-0.15, -0.1) is 0 Å². The summed E-state index contributed by atoms with van der Waals surface area (Å²) in [6, 6.07) is 43.3. The molecule has 8 aromatic rings. The van der Waals surface area contributed by atoms with Crippen LogP contribution in [0.1, 0.15) is 16.7 Å². The van der Waals surface area contributed by atoms with Crippen LogP contribution in [0.3, 0.4) is 0 Å². The lowest BCUT2D eigenvalue weighted by Crippen LogP contribution is -2.38. The number of hydrogen-bond donors (Lipinski definition) is 0. The molecular weight excluding hydrogens is 624 g/mol. The molecule has 0 aliphatic rings. The lowest BCUT2D eigenvalue weighted by atomic mass is 9.77. The summed E-state index contributed by atoms with van der Waals surface area (Å²) in [5.74, 6) is -0.745. The average Bonchev–Trinajstić information content (AvgIpc) is 3.75. The highest BCUT2D eigenvalue weighted by Crippen LogP contribution is 2.44. The Balaban J connectivity index is 1.42. The van der Waals surface area contributed by atoms with Crippen molar-refractivity contribution >= 4 is 22.6 Å². The van der Waals surface area contributed by atoms with Gasteiger partial charge in [0.15, 0.2) is 0 Å². The second kappa shape index (κ2) is 12.0. The number of nitrogens with zero attached hydrogens (tertiary/aromatic N) is 5. The van der Waals surface area contributed by atoms with Crippen LogP contribution >= 0.6 is 11.6 Å². The molecule has 0 atom stereocenters. The Bertz CT molecular complexity index is 2250. The molecule has 3 aromatic heterocycles. The number of pyridine rings is 1. The third-order valence-electron chi connectivity index (χ3n) is 8.65. The minimum absolute atomic E-state index is 0.177. The summed E-state index contributed by atoms with van der Waals surface area (Å²) >= 11 is 6.07. The SMILES string of the molecule is Fc1cccc(F)c1-c1nn(C(c2ccccc2)(c2ccccc2)c2ccccc2)cc1-c1ccc2c(c1)ncn2-c1ccc(Cl)cn1. The molecule has 0 aliphatic carbocycles. The largest absolute Gasteiger partial charge is 0.283 e. The van der Waals surface area contributed by atoms with Crippen molar-refractivity contribution in [2.45, 2.75) is 5.54 Å². The molecule has 0 radical (unpaired) electrons. The van der Waals surface area contributed by atoms with Crippen LogP contribution in [0.4, 0.5) is 8.78 Å². The van der Waals surface area contributed by atoms with Gasteiger partial charge in [-0.2, -0.15) is 5.10 Å². The molecule has 0 fully saturated rings. The average molecular weight is 650 g/mol. The molecule has 48 heavy (non-hydrogen) atoms. The van der Waals surface area contributed by atoms with E-state index in [9.17, 15) is 0 Å². The van der Waals surface area contributed by atoms with Crippen molar-refractivity contribution in [1.82, 2.24) is 24.3 Å². The maximum absolute atomic E-state index is 15.7. The zero-order valence-corrected chi connectivity index (χ0v) is 26.1. The van der Waals surface area contributed by atoms with E-state index in [0.29, 0.717) is 27.5 Å². The predicted molar refractivity (Wildman–Crippen MR) is 185 cm³/mol. The van der Waals surface area contributed by atoms with Gasteiger partial charge in [-0.3, -0.25) is 9.25 Å². The summed E-state index contributed by atoms with van der Waals surface area (Å²) in [6.07, 6.45) is 5.16. The quantitative estimate of drug-likeness (QED) is 0.162. The van der Waals surface area contributed by atoms with Gasteiger partial charge in [0, 0.05) is 18.0 Å². The Morgan fingerprint density at radius 2 is 1.23 bits per heavy atom. The Morgan fingerprint density at radius 3 is 1.79 bits per heavy atom. The molecule has 3 heterocycles. The monoisotopic (exact) mass is 649 g/mol. The topological polar surface area (TPSA) is 48.5 Å². The lowest BCUT2D eigenvalue weighted by Gasteiger charge is -2.36. The molecular formula is C40H26ClF2N5. The maximum Gasteiger partial charge on any atom is 0.138 e. The van der Waals surface area contributed by atoms with Gasteiger partial charge < -0.3 is 0 Å². The van der Waals surface area contributed by atoms with Gasteiger partial charge in [0.2, 0.25) is 0 Å². The van der Waals surface area contributed by atoms with E-state index in [-0.39, 0.29) is 11.3 Å². The molecule has 5 aromatic carbocycles. The summed E-state index contributed by atoms with van der Waals surface area (Å²) < 4.78 is 35.0. The van der Waals surface area contributed by atoms with Crippen LogP contribution in [0.2, 0.25) is 5.02 Å². The molecule has 0 saturated carbocycles. The number of hydrogen-bond acceptors (Lipinski definition) is 3. The Hall–Kier alpha value is -5.92. The molecule has 0 spiro atoms. The van der Waals surface area contributed by atoms with Crippen molar-refractivity contribution in [3.63, 3.8) is 0 Å². The fourth-order valence-corrected chi connectivity index (χ4v) is 6.59. The lowest BCUT2D eigenvalue weighted by molar-refractivity contribution is 0.460. The Morgan fingerprint density at radius 1 is 0.625 bits per heavy atom. The van der Waals surface area contributed by atoms with E-state index in [1.165, 1.54) is 18.2 Å². The zero-order valence-electron chi connectivity index (χ0n) is 25.4. The van der Waals surface area contributed by atoms with Crippen LogP contribution in [0.25, 0.3) is 39.2 Å². The second-order valence-electron chi connectivity index (χ2n) is 11.4. The van der Waals surface area contributed by atoms with E-state index in [0.717, 1.165) is 22.2 Å². The van der Waals surface area contributed by atoms with Gasteiger partial charge in [0.25, 0.3) is 0 Å². The summed E-state index contributed by atoms with van der Waals surface area (Å²) in [6.45, 7) is 0. The van der Waals surface area contributed by atoms with Crippen molar-refractivity contribution < 1.29 is 8.78 Å². The van der Waals surface area contributed by atoms with Crippen molar-refractivity contribution in [3.8, 4) is 28.2 Å². The summed E-state index contributed by atoms with van der Waals surface area (Å²) in [7, 11) is 0. The molecule has 5 nitrogen and oxygen atoms in total. The number of benzene rings is 5. The van der Waals surface area contributed by atoms with Crippen LogP contribution in [-0.2, 0) is 5.54 Å². The molecule has 8 rings (SSSR count). The van der Waals surface area contributed by atoms with Gasteiger partial charge in [0.05, 0.1) is 21.6 Å². The van der Waals surface area contributed by atoms with E-state index < -0.39 is 17.2 Å². The number of fused-ring (bicyclic) bond motifs is 1.